The third kappa shape index (κ3) is 3.63. The van der Waals surface area contributed by atoms with Crippen molar-refractivity contribution in [2.45, 2.75) is 18.2 Å². The van der Waals surface area contributed by atoms with Gasteiger partial charge < -0.3 is 4.74 Å². The Bertz CT molecular complexity index is 345. The van der Waals surface area contributed by atoms with Crippen molar-refractivity contribution >= 4 is 21.9 Å². The van der Waals surface area contributed by atoms with Crippen molar-refractivity contribution in [1.82, 2.24) is 0 Å². The molecule has 0 amide bonds. The molecule has 0 aromatic heterocycles. The van der Waals surface area contributed by atoms with E-state index in [1.807, 2.05) is 13.0 Å². The average molecular weight is 275 g/mol. The van der Waals surface area contributed by atoms with Crippen LogP contribution in [0.2, 0.25) is 0 Å². The molecule has 0 N–H and O–H groups in total. The van der Waals surface area contributed by atoms with E-state index in [1.54, 1.807) is 0 Å². The number of carbonyl (C=O) groups is 1. The lowest BCUT2D eigenvalue weighted by Gasteiger charge is -2.08. The van der Waals surface area contributed by atoms with Crippen molar-refractivity contribution in [2.75, 3.05) is 7.11 Å². The molecule has 0 spiro atoms. The largest absolute Gasteiger partial charge is 0.468 e. The summed E-state index contributed by atoms with van der Waals surface area (Å²) in [5.41, 5.74) is 1.62. The highest BCUT2D eigenvalue weighted by atomic mass is 79.9. The number of aryl methyl sites for hydroxylation is 1. The lowest BCUT2D eigenvalue weighted by Crippen LogP contribution is -2.18. The number of halogens is 2. The van der Waals surface area contributed by atoms with Crippen LogP contribution in [-0.4, -0.2) is 17.9 Å². The second-order valence-electron chi connectivity index (χ2n) is 3.33. The van der Waals surface area contributed by atoms with E-state index >= 15 is 0 Å². The average Bonchev–Trinajstić information content (AvgIpc) is 2.14. The zero-order valence-corrected chi connectivity index (χ0v) is 10.2. The lowest BCUT2D eigenvalue weighted by molar-refractivity contribution is -0.139. The van der Waals surface area contributed by atoms with Gasteiger partial charge in [-0.2, -0.15) is 0 Å². The highest BCUT2D eigenvalue weighted by molar-refractivity contribution is 9.10. The first-order chi connectivity index (χ1) is 7.02. The monoisotopic (exact) mass is 274 g/mol. The summed E-state index contributed by atoms with van der Waals surface area (Å²) in [5, 5.41) is 0. The van der Waals surface area contributed by atoms with Crippen LogP contribution >= 0.6 is 15.9 Å². The van der Waals surface area contributed by atoms with Crippen LogP contribution in [-0.2, 0) is 16.0 Å². The van der Waals surface area contributed by atoms with Crippen molar-refractivity contribution in [3.8, 4) is 0 Å². The maximum absolute atomic E-state index is 13.0. The van der Waals surface area contributed by atoms with Crippen molar-refractivity contribution in [3.63, 3.8) is 0 Å². The maximum Gasteiger partial charge on any atom is 0.319 e. The summed E-state index contributed by atoms with van der Waals surface area (Å²) >= 11 is 3.19. The first kappa shape index (κ1) is 12.2. The second-order valence-corrected chi connectivity index (χ2v) is 4.44. The summed E-state index contributed by atoms with van der Waals surface area (Å²) in [6.45, 7) is 1.81. The summed E-state index contributed by atoms with van der Waals surface area (Å²) in [4.78, 5) is 10.7. The van der Waals surface area contributed by atoms with E-state index in [0.717, 1.165) is 11.1 Å². The summed E-state index contributed by atoms with van der Waals surface area (Å²) in [6.07, 6.45) is 0.422. The van der Waals surface area contributed by atoms with E-state index in [4.69, 9.17) is 0 Å². The van der Waals surface area contributed by atoms with Crippen LogP contribution in [0.5, 0.6) is 0 Å². The van der Waals surface area contributed by atoms with E-state index < -0.39 is 4.83 Å². The molecule has 82 valence electrons. The molecule has 1 unspecified atom stereocenters. The van der Waals surface area contributed by atoms with Crippen molar-refractivity contribution in [1.29, 1.82) is 0 Å². The minimum Gasteiger partial charge on any atom is -0.468 e. The van der Waals surface area contributed by atoms with Gasteiger partial charge in [-0.15, -0.1) is 0 Å². The Morgan fingerprint density at radius 3 is 2.73 bits per heavy atom. The van der Waals surface area contributed by atoms with Crippen LogP contribution in [0.3, 0.4) is 0 Å². The molecule has 0 heterocycles. The van der Waals surface area contributed by atoms with Gasteiger partial charge in [0.15, 0.2) is 0 Å². The summed E-state index contributed by atoms with van der Waals surface area (Å²) in [5.74, 6) is -0.633. The van der Waals surface area contributed by atoms with E-state index in [0.29, 0.717) is 6.42 Å². The SMILES string of the molecule is COC(=O)C(Br)Cc1cc(C)cc(F)c1. The number of hydrogen-bond donors (Lipinski definition) is 0. The Morgan fingerprint density at radius 2 is 2.20 bits per heavy atom. The Kier molecular flexibility index (Phi) is 4.27. The summed E-state index contributed by atoms with van der Waals surface area (Å²) < 4.78 is 17.6. The highest BCUT2D eigenvalue weighted by Crippen LogP contribution is 2.14. The van der Waals surface area contributed by atoms with Crippen LogP contribution in [0.4, 0.5) is 4.39 Å². The van der Waals surface area contributed by atoms with Crippen LogP contribution in [0.15, 0.2) is 18.2 Å². The summed E-state index contributed by atoms with van der Waals surface area (Å²) in [6, 6.07) is 4.72. The van der Waals surface area contributed by atoms with Crippen LogP contribution in [0.25, 0.3) is 0 Å². The predicted molar refractivity (Wildman–Crippen MR) is 59.6 cm³/mol. The van der Waals surface area contributed by atoms with Crippen molar-refractivity contribution in [3.05, 3.63) is 35.1 Å². The van der Waals surface area contributed by atoms with Gasteiger partial charge in [0.2, 0.25) is 0 Å². The van der Waals surface area contributed by atoms with Crippen molar-refractivity contribution in [2.24, 2.45) is 0 Å². The minimum absolute atomic E-state index is 0.283. The lowest BCUT2D eigenvalue weighted by atomic mass is 10.1. The number of methoxy groups -OCH3 is 1. The maximum atomic E-state index is 13.0. The molecule has 0 aliphatic heterocycles. The molecule has 15 heavy (non-hydrogen) atoms. The number of hydrogen-bond acceptors (Lipinski definition) is 2. The second kappa shape index (κ2) is 5.26. The molecule has 1 aromatic rings. The molecular weight excluding hydrogens is 263 g/mol. The topological polar surface area (TPSA) is 26.3 Å². The molecule has 0 bridgehead atoms. The van der Waals surface area contributed by atoms with Gasteiger partial charge in [0.1, 0.15) is 10.6 Å². The van der Waals surface area contributed by atoms with Gasteiger partial charge in [0.25, 0.3) is 0 Å². The Hall–Kier alpha value is -0.900. The molecule has 1 rings (SSSR count). The quantitative estimate of drug-likeness (QED) is 0.626. The third-order valence-electron chi connectivity index (χ3n) is 1.97. The van der Waals surface area contributed by atoms with E-state index in [1.165, 1.54) is 19.2 Å². The number of alkyl halides is 1. The molecular formula is C11H12BrFO2. The number of carbonyl (C=O) groups excluding carboxylic acids is 1. The number of rotatable bonds is 3. The van der Waals surface area contributed by atoms with Crippen LogP contribution in [0, 0.1) is 12.7 Å². The zero-order chi connectivity index (χ0) is 11.4. The molecule has 0 aliphatic rings. The van der Waals surface area contributed by atoms with Crippen molar-refractivity contribution < 1.29 is 13.9 Å². The molecule has 0 fully saturated rings. The number of ether oxygens (including phenoxy) is 1. The van der Waals surface area contributed by atoms with Gasteiger partial charge >= 0.3 is 5.97 Å². The number of esters is 1. The predicted octanol–water partition coefficient (Wildman–Crippen LogP) is 2.61. The molecule has 0 aliphatic carbocycles. The molecule has 1 atom stereocenters. The van der Waals surface area contributed by atoms with E-state index in [9.17, 15) is 9.18 Å². The van der Waals surface area contributed by atoms with Crippen LogP contribution < -0.4 is 0 Å². The first-order valence-electron chi connectivity index (χ1n) is 4.51. The Morgan fingerprint density at radius 1 is 1.53 bits per heavy atom. The highest BCUT2D eigenvalue weighted by Gasteiger charge is 2.15. The van der Waals surface area contributed by atoms with E-state index in [-0.39, 0.29) is 11.8 Å². The smallest absolute Gasteiger partial charge is 0.319 e. The first-order valence-corrected chi connectivity index (χ1v) is 5.42. The van der Waals surface area contributed by atoms with Gasteiger partial charge in [-0.05, 0) is 36.6 Å². The van der Waals surface area contributed by atoms with E-state index in [2.05, 4.69) is 20.7 Å². The fourth-order valence-corrected chi connectivity index (χ4v) is 1.91. The molecule has 0 saturated heterocycles. The van der Waals surface area contributed by atoms with Gasteiger partial charge in [-0.25, -0.2) is 4.39 Å². The van der Waals surface area contributed by atoms with Gasteiger partial charge in [0, 0.05) is 0 Å². The molecule has 4 heteroatoms. The van der Waals surface area contributed by atoms with Gasteiger partial charge in [-0.1, -0.05) is 22.0 Å². The molecule has 2 nitrogen and oxygen atoms in total. The standard InChI is InChI=1S/C11H12BrFO2/c1-7-3-8(5-9(13)4-7)6-10(12)11(14)15-2/h3-5,10H,6H2,1-2H3. The normalized spacial score (nSPS) is 12.3. The Labute approximate surface area is 96.6 Å². The van der Waals surface area contributed by atoms with Gasteiger partial charge in [0.05, 0.1) is 7.11 Å². The fourth-order valence-electron chi connectivity index (χ4n) is 1.35. The summed E-state index contributed by atoms with van der Waals surface area (Å²) in [7, 11) is 1.33. The minimum atomic E-state index is -0.427. The zero-order valence-electron chi connectivity index (χ0n) is 8.59. The Balaban J connectivity index is 2.76. The molecule has 0 radical (unpaired) electrons. The third-order valence-corrected chi connectivity index (χ3v) is 2.67. The molecule has 0 saturated carbocycles. The fraction of sp³-hybridized carbons (Fsp3) is 0.364. The molecule has 1 aromatic carbocycles. The van der Waals surface area contributed by atoms with Gasteiger partial charge in [-0.3, -0.25) is 4.79 Å². The number of benzene rings is 1. The van der Waals surface area contributed by atoms with Crippen LogP contribution in [0.1, 0.15) is 11.1 Å².